The van der Waals surface area contributed by atoms with Gasteiger partial charge in [0, 0.05) is 38.4 Å². The number of esters is 1. The molecule has 0 spiro atoms. The Morgan fingerprint density at radius 1 is 1.07 bits per heavy atom. The molecule has 0 aromatic heterocycles. The Kier molecular flexibility index (Phi) is 7.91. The zero-order valence-corrected chi connectivity index (χ0v) is 18.2. The van der Waals surface area contributed by atoms with Crippen LogP contribution in [-0.2, 0) is 20.9 Å². The molecule has 0 aliphatic rings. The van der Waals surface area contributed by atoms with Crippen LogP contribution in [0.3, 0.4) is 0 Å². The molecular formula is C22H27ClN2O4. The number of nitrogens with zero attached hydrogens (tertiary/aromatic N) is 2. The standard InChI is InChI=1S/C22H27ClN2O4/c1-15-12-18(23)8-11-20(15)29-16(2)22(27)28-14-21(26)25(5)13-17-6-9-19(10-7-17)24(3)4/h6-12,16H,13-14H2,1-5H3. The fourth-order valence-electron chi connectivity index (χ4n) is 2.61. The second-order valence-electron chi connectivity index (χ2n) is 7.09. The van der Waals surface area contributed by atoms with Gasteiger partial charge in [-0.25, -0.2) is 4.79 Å². The number of ether oxygens (including phenoxy) is 2. The summed E-state index contributed by atoms with van der Waals surface area (Å²) < 4.78 is 10.7. The number of carbonyl (C=O) groups excluding carboxylic acids is 2. The van der Waals surface area contributed by atoms with Gasteiger partial charge in [-0.3, -0.25) is 4.79 Å². The van der Waals surface area contributed by atoms with Crippen molar-refractivity contribution in [1.29, 1.82) is 0 Å². The number of rotatable bonds is 8. The Bertz CT molecular complexity index is 852. The second kappa shape index (κ2) is 10.2. The van der Waals surface area contributed by atoms with E-state index < -0.39 is 12.1 Å². The first-order valence-corrected chi connectivity index (χ1v) is 9.65. The molecule has 0 saturated heterocycles. The summed E-state index contributed by atoms with van der Waals surface area (Å²) in [6.07, 6.45) is -0.841. The molecule has 0 heterocycles. The Balaban J connectivity index is 1.82. The van der Waals surface area contributed by atoms with Gasteiger partial charge in [0.2, 0.25) is 0 Å². The van der Waals surface area contributed by atoms with Crippen molar-refractivity contribution in [2.24, 2.45) is 0 Å². The van der Waals surface area contributed by atoms with Crippen LogP contribution in [0.1, 0.15) is 18.1 Å². The van der Waals surface area contributed by atoms with E-state index >= 15 is 0 Å². The highest BCUT2D eigenvalue weighted by Gasteiger charge is 2.20. The average molecular weight is 419 g/mol. The molecule has 0 aliphatic heterocycles. The van der Waals surface area contributed by atoms with Crippen LogP contribution < -0.4 is 9.64 Å². The Hall–Kier alpha value is -2.73. The molecule has 156 valence electrons. The largest absolute Gasteiger partial charge is 0.479 e. The summed E-state index contributed by atoms with van der Waals surface area (Å²) in [6.45, 7) is 3.51. The number of likely N-dealkylation sites (N-methyl/N-ethyl adjacent to an activating group) is 1. The van der Waals surface area contributed by atoms with Crippen LogP contribution in [0, 0.1) is 6.92 Å². The highest BCUT2D eigenvalue weighted by molar-refractivity contribution is 6.30. The third-order valence-electron chi connectivity index (χ3n) is 4.41. The molecule has 0 N–H and O–H groups in total. The minimum Gasteiger partial charge on any atom is -0.479 e. The number of carbonyl (C=O) groups is 2. The monoisotopic (exact) mass is 418 g/mol. The number of anilines is 1. The number of benzene rings is 2. The van der Waals surface area contributed by atoms with Gasteiger partial charge < -0.3 is 19.3 Å². The fraction of sp³-hybridized carbons (Fsp3) is 0.364. The lowest BCUT2D eigenvalue weighted by Crippen LogP contribution is -2.34. The van der Waals surface area contributed by atoms with E-state index in [1.54, 1.807) is 32.2 Å². The number of amides is 1. The lowest BCUT2D eigenvalue weighted by Gasteiger charge is -2.19. The third-order valence-corrected chi connectivity index (χ3v) is 4.64. The first-order valence-electron chi connectivity index (χ1n) is 9.27. The van der Waals surface area contributed by atoms with Crippen LogP contribution in [0.15, 0.2) is 42.5 Å². The molecule has 0 aliphatic carbocycles. The number of hydrogen-bond acceptors (Lipinski definition) is 5. The number of hydrogen-bond donors (Lipinski definition) is 0. The van der Waals surface area contributed by atoms with Crippen LogP contribution in [0.4, 0.5) is 5.69 Å². The quantitative estimate of drug-likeness (QED) is 0.612. The topological polar surface area (TPSA) is 59.1 Å². The summed E-state index contributed by atoms with van der Waals surface area (Å²) in [6, 6.07) is 13.0. The molecule has 2 rings (SSSR count). The third kappa shape index (κ3) is 6.68. The van der Waals surface area contributed by atoms with Gasteiger partial charge in [-0.2, -0.15) is 0 Å². The van der Waals surface area contributed by atoms with Crippen LogP contribution in [0.5, 0.6) is 5.75 Å². The van der Waals surface area contributed by atoms with Gasteiger partial charge in [-0.15, -0.1) is 0 Å². The molecule has 6 nitrogen and oxygen atoms in total. The first kappa shape index (κ1) is 22.6. The van der Waals surface area contributed by atoms with Gasteiger partial charge in [0.25, 0.3) is 5.91 Å². The van der Waals surface area contributed by atoms with E-state index in [1.165, 1.54) is 4.90 Å². The van der Waals surface area contributed by atoms with Gasteiger partial charge in [-0.05, 0) is 55.3 Å². The molecule has 2 aromatic rings. The van der Waals surface area contributed by atoms with Crippen molar-refractivity contribution < 1.29 is 19.1 Å². The van der Waals surface area contributed by atoms with Crippen molar-refractivity contribution in [1.82, 2.24) is 4.90 Å². The zero-order valence-electron chi connectivity index (χ0n) is 17.4. The van der Waals surface area contributed by atoms with Gasteiger partial charge in [-0.1, -0.05) is 23.7 Å². The maximum absolute atomic E-state index is 12.3. The molecule has 0 saturated carbocycles. The predicted molar refractivity (Wildman–Crippen MR) is 114 cm³/mol. The maximum atomic E-state index is 12.3. The summed E-state index contributed by atoms with van der Waals surface area (Å²) in [5, 5.41) is 0.593. The van der Waals surface area contributed by atoms with Crippen LogP contribution in [-0.4, -0.2) is 50.6 Å². The number of halogens is 1. The van der Waals surface area contributed by atoms with Gasteiger partial charge >= 0.3 is 5.97 Å². The highest BCUT2D eigenvalue weighted by atomic mass is 35.5. The van der Waals surface area contributed by atoms with Crippen LogP contribution in [0.2, 0.25) is 5.02 Å². The van der Waals surface area contributed by atoms with E-state index in [0.29, 0.717) is 17.3 Å². The predicted octanol–water partition coefficient (Wildman–Crippen LogP) is 3.68. The summed E-state index contributed by atoms with van der Waals surface area (Å²) in [5.41, 5.74) is 2.89. The molecule has 1 unspecified atom stereocenters. The van der Waals surface area contributed by atoms with Gasteiger partial charge in [0.1, 0.15) is 5.75 Å². The van der Waals surface area contributed by atoms with Crippen molar-refractivity contribution in [2.45, 2.75) is 26.5 Å². The van der Waals surface area contributed by atoms with E-state index in [1.807, 2.05) is 50.2 Å². The molecular weight excluding hydrogens is 392 g/mol. The molecule has 7 heteroatoms. The van der Waals surface area contributed by atoms with Gasteiger partial charge in [0.15, 0.2) is 12.7 Å². The summed E-state index contributed by atoms with van der Waals surface area (Å²) in [7, 11) is 5.61. The van der Waals surface area contributed by atoms with E-state index in [4.69, 9.17) is 21.1 Å². The van der Waals surface area contributed by atoms with Crippen molar-refractivity contribution >= 4 is 29.2 Å². The molecule has 29 heavy (non-hydrogen) atoms. The molecule has 1 amide bonds. The molecule has 0 bridgehead atoms. The number of aryl methyl sites for hydroxylation is 1. The van der Waals surface area contributed by atoms with E-state index in [9.17, 15) is 9.59 Å². The first-order chi connectivity index (χ1) is 13.7. The molecule has 0 radical (unpaired) electrons. The van der Waals surface area contributed by atoms with Crippen molar-refractivity contribution in [3.05, 3.63) is 58.6 Å². The SMILES string of the molecule is Cc1cc(Cl)ccc1OC(C)C(=O)OCC(=O)N(C)Cc1ccc(N(C)C)cc1. The minimum atomic E-state index is -0.841. The van der Waals surface area contributed by atoms with Crippen LogP contribution >= 0.6 is 11.6 Å². The zero-order chi connectivity index (χ0) is 21.6. The molecule has 1 atom stereocenters. The van der Waals surface area contributed by atoms with Crippen molar-refractivity contribution in [2.75, 3.05) is 32.6 Å². The normalized spacial score (nSPS) is 11.5. The smallest absolute Gasteiger partial charge is 0.347 e. The Morgan fingerprint density at radius 3 is 2.31 bits per heavy atom. The van der Waals surface area contributed by atoms with Crippen molar-refractivity contribution in [3.63, 3.8) is 0 Å². The van der Waals surface area contributed by atoms with E-state index in [0.717, 1.165) is 16.8 Å². The lowest BCUT2D eigenvalue weighted by molar-refractivity contribution is -0.157. The summed E-state index contributed by atoms with van der Waals surface area (Å²) in [5.74, 6) is -0.343. The fourth-order valence-corrected chi connectivity index (χ4v) is 2.83. The van der Waals surface area contributed by atoms with E-state index in [-0.39, 0.29) is 12.5 Å². The summed E-state index contributed by atoms with van der Waals surface area (Å²) >= 11 is 5.92. The van der Waals surface area contributed by atoms with Crippen molar-refractivity contribution in [3.8, 4) is 5.75 Å². The maximum Gasteiger partial charge on any atom is 0.347 e. The Morgan fingerprint density at radius 2 is 1.72 bits per heavy atom. The summed E-state index contributed by atoms with van der Waals surface area (Å²) in [4.78, 5) is 28.0. The second-order valence-corrected chi connectivity index (χ2v) is 7.52. The molecule has 2 aromatic carbocycles. The average Bonchev–Trinajstić information content (AvgIpc) is 2.68. The van der Waals surface area contributed by atoms with E-state index in [2.05, 4.69) is 0 Å². The highest BCUT2D eigenvalue weighted by Crippen LogP contribution is 2.23. The van der Waals surface area contributed by atoms with Gasteiger partial charge in [0.05, 0.1) is 0 Å². The Labute approximate surface area is 177 Å². The lowest BCUT2D eigenvalue weighted by atomic mass is 10.2. The van der Waals surface area contributed by atoms with Crippen LogP contribution in [0.25, 0.3) is 0 Å². The minimum absolute atomic E-state index is 0.287. The molecule has 0 fully saturated rings.